The van der Waals surface area contributed by atoms with Gasteiger partial charge in [-0.3, -0.25) is 0 Å². The van der Waals surface area contributed by atoms with Gasteiger partial charge in [0.25, 0.3) is 0 Å². The Bertz CT molecular complexity index is 1570. The summed E-state index contributed by atoms with van der Waals surface area (Å²) in [5.74, 6) is -6.00. The zero-order chi connectivity index (χ0) is 45.9. The minimum absolute atomic E-state index is 0.0313. The van der Waals surface area contributed by atoms with Crippen LogP contribution in [0.3, 0.4) is 0 Å². The molecule has 15 nitrogen and oxygen atoms in total. The second kappa shape index (κ2) is 23.5. The van der Waals surface area contributed by atoms with E-state index < -0.39 is 97.0 Å². The van der Waals surface area contributed by atoms with Gasteiger partial charge in [-0.05, 0) is 52.5 Å². The van der Waals surface area contributed by atoms with E-state index in [2.05, 4.69) is 0 Å². The van der Waals surface area contributed by atoms with E-state index in [0.29, 0.717) is 18.4 Å². The molecule has 3 aliphatic heterocycles. The van der Waals surface area contributed by atoms with Crippen molar-refractivity contribution in [3.63, 3.8) is 0 Å². The van der Waals surface area contributed by atoms with Crippen molar-refractivity contribution in [2.45, 2.75) is 168 Å². The molecule has 2 fully saturated rings. The standard InChI is InChI=1S/C46H75NO14/c1-13-16-34-28(7)37(58-38-22-33(48)43(31(10)57-38)60-45(47)53)23-46(54,61-34)30(9)41(51)29(8)42-35(55-11)18-15-17-24(3)19-26(5)39(49)32(14-2)40(50)27(6)20-25(4)21-36(56-12)44(52)59-42/h13,15-18,20-21,26-35,37-43,48-51,54H,14,19,22-23H2,1-12H3,(H2,47,53)/b16-13+,18-15?,24-17?,25-20?,36-21?/t26-,27-,28-,29+,30+,31-,32+,33-,34-,35+,37-,38+,39+,40-,41-,42-,43-,46-/m1/s1. The molecule has 7 N–H and O–H groups in total. The lowest BCUT2D eigenvalue weighted by molar-refractivity contribution is -0.338. The largest absolute Gasteiger partial charge is 0.490 e. The summed E-state index contributed by atoms with van der Waals surface area (Å²) in [6.07, 6.45) is 2.20. The van der Waals surface area contributed by atoms with Crippen LogP contribution in [0.15, 0.2) is 59.4 Å². The topological polar surface area (TPSA) is 226 Å². The van der Waals surface area contributed by atoms with Crippen LogP contribution in [0.5, 0.6) is 0 Å². The Morgan fingerprint density at radius 1 is 1.10 bits per heavy atom. The first-order valence-electron chi connectivity index (χ1n) is 21.7. The smallest absolute Gasteiger partial charge is 0.404 e. The van der Waals surface area contributed by atoms with Crippen LogP contribution in [0.2, 0.25) is 0 Å². The molecule has 3 aliphatic rings. The predicted octanol–water partition coefficient (Wildman–Crippen LogP) is 4.98. The maximum atomic E-state index is 13.9. The van der Waals surface area contributed by atoms with E-state index in [0.717, 1.165) is 5.57 Å². The molecule has 0 aliphatic carbocycles. The third-order valence-electron chi connectivity index (χ3n) is 12.8. The van der Waals surface area contributed by atoms with Crippen LogP contribution in [0.25, 0.3) is 0 Å². The zero-order valence-corrected chi connectivity index (χ0v) is 38.2. The number of aliphatic hydroxyl groups is 5. The number of rotatable bonds is 11. The van der Waals surface area contributed by atoms with Crippen molar-refractivity contribution in [2.75, 3.05) is 14.2 Å². The molecular weight excluding hydrogens is 790 g/mol. The lowest BCUT2D eigenvalue weighted by Gasteiger charge is -2.49. The molecule has 348 valence electrons. The molecule has 0 unspecified atom stereocenters. The zero-order valence-electron chi connectivity index (χ0n) is 38.2. The van der Waals surface area contributed by atoms with E-state index in [9.17, 15) is 35.1 Å². The van der Waals surface area contributed by atoms with Crippen LogP contribution in [-0.2, 0) is 38.0 Å². The van der Waals surface area contributed by atoms with E-state index in [-0.39, 0.29) is 42.3 Å². The first-order chi connectivity index (χ1) is 28.6. The van der Waals surface area contributed by atoms with Crippen LogP contribution in [0, 0.1) is 35.5 Å². The average molecular weight is 866 g/mol. The van der Waals surface area contributed by atoms with E-state index in [1.165, 1.54) is 20.3 Å². The number of carbonyl (C=O) groups excluding carboxylic acids is 2. The third-order valence-corrected chi connectivity index (χ3v) is 12.8. The van der Waals surface area contributed by atoms with Gasteiger partial charge in [-0.15, -0.1) is 0 Å². The fourth-order valence-corrected chi connectivity index (χ4v) is 8.94. The molecule has 0 aromatic rings. The van der Waals surface area contributed by atoms with Crippen molar-refractivity contribution < 1.29 is 68.3 Å². The molecule has 0 aromatic heterocycles. The molecule has 61 heavy (non-hydrogen) atoms. The number of amides is 1. The molecule has 3 rings (SSSR count). The summed E-state index contributed by atoms with van der Waals surface area (Å²) < 4.78 is 41.4. The van der Waals surface area contributed by atoms with Gasteiger partial charge in [0.1, 0.15) is 12.2 Å². The van der Waals surface area contributed by atoms with Gasteiger partial charge in [0, 0.05) is 49.5 Å². The van der Waals surface area contributed by atoms with Crippen molar-refractivity contribution in [3.05, 3.63) is 59.4 Å². The van der Waals surface area contributed by atoms with Gasteiger partial charge in [0.2, 0.25) is 5.76 Å². The second-order valence-electron chi connectivity index (χ2n) is 17.5. The van der Waals surface area contributed by atoms with Gasteiger partial charge in [-0.2, -0.15) is 0 Å². The molecule has 3 heterocycles. The minimum Gasteiger partial charge on any atom is -0.490 e. The Kier molecular flexibility index (Phi) is 20.1. The van der Waals surface area contributed by atoms with Gasteiger partial charge >= 0.3 is 12.1 Å². The van der Waals surface area contributed by atoms with Crippen LogP contribution in [-0.4, -0.2) is 125 Å². The van der Waals surface area contributed by atoms with Crippen LogP contribution >= 0.6 is 0 Å². The fourth-order valence-electron chi connectivity index (χ4n) is 8.94. The maximum absolute atomic E-state index is 13.9. The van der Waals surface area contributed by atoms with E-state index in [1.54, 1.807) is 52.0 Å². The summed E-state index contributed by atoms with van der Waals surface area (Å²) >= 11 is 0. The number of ether oxygens (including phenoxy) is 7. The van der Waals surface area contributed by atoms with Crippen molar-refractivity contribution in [3.8, 4) is 0 Å². The summed E-state index contributed by atoms with van der Waals surface area (Å²) in [6.45, 7) is 18.2. The van der Waals surface area contributed by atoms with E-state index >= 15 is 0 Å². The van der Waals surface area contributed by atoms with Gasteiger partial charge in [0.15, 0.2) is 18.2 Å². The quantitative estimate of drug-likeness (QED) is 0.119. The van der Waals surface area contributed by atoms with Crippen LogP contribution in [0.1, 0.15) is 94.9 Å². The Hall–Kier alpha value is -3.12. The fraction of sp³-hybridized carbons (Fsp3) is 0.739. The lowest BCUT2D eigenvalue weighted by atomic mass is 9.77. The SMILES string of the molecule is C/C=C/[C@H]1O[C@@](O)([C@@H](C)[C@H](O)[C@H](C)[C@H]2OC(=O)C(OC)=CC(C)=C[C@@H](C)[C@@H](O)[C@@H](CC)[C@@H](O)[C@H](C)CC(C)=CC=C[C@@H]2OC)C[C@@H](O[C@H]2C[C@@H](O)[C@H](OC(N)=O)[C@@H](C)O2)[C@@H]1C. The molecule has 2 saturated heterocycles. The maximum Gasteiger partial charge on any atom is 0.404 e. The Morgan fingerprint density at radius 2 is 1.77 bits per heavy atom. The highest BCUT2D eigenvalue weighted by Gasteiger charge is 2.52. The van der Waals surface area contributed by atoms with Crippen molar-refractivity contribution >= 4 is 12.1 Å². The Labute approximate surface area is 362 Å². The van der Waals surface area contributed by atoms with Gasteiger partial charge < -0.3 is 64.4 Å². The summed E-state index contributed by atoms with van der Waals surface area (Å²) in [6, 6.07) is 0. The number of nitrogens with two attached hydrogens (primary N) is 1. The number of aliphatic hydroxyl groups excluding tert-OH is 4. The molecule has 18 atom stereocenters. The van der Waals surface area contributed by atoms with Crippen molar-refractivity contribution in [1.29, 1.82) is 0 Å². The highest BCUT2D eigenvalue weighted by atomic mass is 16.7. The average Bonchev–Trinajstić information content (AvgIpc) is 3.19. The highest BCUT2D eigenvalue weighted by molar-refractivity contribution is 5.87. The second-order valence-corrected chi connectivity index (χ2v) is 17.5. The van der Waals surface area contributed by atoms with Crippen LogP contribution < -0.4 is 5.73 Å². The van der Waals surface area contributed by atoms with E-state index in [1.807, 2.05) is 53.7 Å². The molecular formula is C46H75NO14. The monoisotopic (exact) mass is 866 g/mol. The molecule has 0 aromatic carbocycles. The summed E-state index contributed by atoms with van der Waals surface area (Å²) in [5.41, 5.74) is 6.78. The molecule has 0 radical (unpaired) electrons. The Morgan fingerprint density at radius 3 is 2.34 bits per heavy atom. The number of allylic oxidation sites excluding steroid dienone is 6. The van der Waals surface area contributed by atoms with Crippen molar-refractivity contribution in [2.24, 2.45) is 41.2 Å². The highest BCUT2D eigenvalue weighted by Crippen LogP contribution is 2.42. The summed E-state index contributed by atoms with van der Waals surface area (Å²) in [4.78, 5) is 25.4. The molecule has 15 heteroatoms. The minimum atomic E-state index is -1.97. The lowest BCUT2D eigenvalue weighted by Crippen LogP contribution is -2.59. The third kappa shape index (κ3) is 13.7. The number of hydrogen-bond donors (Lipinski definition) is 6. The summed E-state index contributed by atoms with van der Waals surface area (Å²) in [7, 11) is 2.81. The molecule has 1 amide bonds. The normalized spacial score (nSPS) is 39.1. The summed E-state index contributed by atoms with van der Waals surface area (Å²) in [5, 5.41) is 58.0. The van der Waals surface area contributed by atoms with Crippen molar-refractivity contribution in [1.82, 2.24) is 0 Å². The number of methoxy groups -OCH3 is 2. The number of cyclic esters (lactones) is 1. The number of primary amides is 1. The number of carbonyl (C=O) groups is 2. The first kappa shape index (κ1) is 52.2. The van der Waals surface area contributed by atoms with Crippen LogP contribution in [0.4, 0.5) is 4.79 Å². The molecule has 0 spiro atoms. The first-order valence-corrected chi connectivity index (χ1v) is 21.7. The van der Waals surface area contributed by atoms with Gasteiger partial charge in [-0.25, -0.2) is 9.59 Å². The van der Waals surface area contributed by atoms with E-state index in [4.69, 9.17) is 38.9 Å². The number of hydrogen-bond acceptors (Lipinski definition) is 14. The Balaban J connectivity index is 2.00. The predicted molar refractivity (Wildman–Crippen MR) is 228 cm³/mol. The molecule has 0 bridgehead atoms. The van der Waals surface area contributed by atoms with Gasteiger partial charge in [-0.1, -0.05) is 89.1 Å². The number of esters is 1. The molecule has 0 saturated carbocycles. The van der Waals surface area contributed by atoms with Gasteiger partial charge in [0.05, 0.1) is 49.8 Å².